The van der Waals surface area contributed by atoms with Crippen molar-refractivity contribution in [3.63, 3.8) is 0 Å². The summed E-state index contributed by atoms with van der Waals surface area (Å²) in [5, 5.41) is 11.9. The number of carboxylic acids is 1. The van der Waals surface area contributed by atoms with Crippen LogP contribution in [-0.2, 0) is 14.4 Å². The van der Waals surface area contributed by atoms with Crippen LogP contribution >= 0.6 is 0 Å². The van der Waals surface area contributed by atoms with Crippen LogP contribution in [0.2, 0.25) is 0 Å². The van der Waals surface area contributed by atoms with Crippen LogP contribution in [0.15, 0.2) is 0 Å². The number of carbonyl (C=O) groups is 3. The van der Waals surface area contributed by atoms with Gasteiger partial charge in [0.15, 0.2) is 0 Å². The lowest BCUT2D eigenvalue weighted by Crippen LogP contribution is -2.55. The molecule has 1 saturated carbocycles. The second-order valence-electron chi connectivity index (χ2n) is 7.11. The summed E-state index contributed by atoms with van der Waals surface area (Å²) in [5.74, 6) is -1.26. The first kappa shape index (κ1) is 15.8. The van der Waals surface area contributed by atoms with Crippen molar-refractivity contribution in [1.29, 1.82) is 0 Å². The van der Waals surface area contributed by atoms with Crippen molar-refractivity contribution in [2.45, 2.75) is 58.5 Å². The van der Waals surface area contributed by atoms with Gasteiger partial charge in [-0.3, -0.25) is 9.59 Å². The van der Waals surface area contributed by atoms with Crippen molar-refractivity contribution in [1.82, 2.24) is 10.2 Å². The zero-order valence-corrected chi connectivity index (χ0v) is 12.9. The number of carbonyl (C=O) groups excluding carboxylic acids is 2. The van der Waals surface area contributed by atoms with E-state index < -0.39 is 23.5 Å². The fourth-order valence-electron chi connectivity index (χ4n) is 2.75. The van der Waals surface area contributed by atoms with Gasteiger partial charge in [-0.1, -0.05) is 20.8 Å². The van der Waals surface area contributed by atoms with E-state index in [1.165, 1.54) is 0 Å². The Morgan fingerprint density at radius 3 is 2.29 bits per heavy atom. The normalized spacial score (nSPS) is 23.8. The van der Waals surface area contributed by atoms with Gasteiger partial charge in [0, 0.05) is 12.5 Å². The minimum atomic E-state index is -1.05. The molecule has 0 aromatic carbocycles. The average molecular weight is 296 g/mol. The number of nitrogens with zero attached hydrogens (tertiary/aromatic N) is 1. The summed E-state index contributed by atoms with van der Waals surface area (Å²) in [6.07, 6.45) is 3.22. The summed E-state index contributed by atoms with van der Waals surface area (Å²) < 4.78 is 0. The molecule has 6 heteroatoms. The highest BCUT2D eigenvalue weighted by Crippen LogP contribution is 2.33. The molecule has 1 saturated heterocycles. The van der Waals surface area contributed by atoms with Gasteiger partial charge >= 0.3 is 5.97 Å². The Balaban J connectivity index is 2.04. The van der Waals surface area contributed by atoms with Gasteiger partial charge in [-0.15, -0.1) is 0 Å². The molecule has 0 bridgehead atoms. The third-order valence-electron chi connectivity index (χ3n) is 4.16. The van der Waals surface area contributed by atoms with E-state index in [1.54, 1.807) is 25.7 Å². The zero-order chi connectivity index (χ0) is 15.8. The fourth-order valence-corrected chi connectivity index (χ4v) is 2.75. The molecule has 2 aliphatic rings. The quantitative estimate of drug-likeness (QED) is 0.810. The van der Waals surface area contributed by atoms with Crippen molar-refractivity contribution in [3.05, 3.63) is 0 Å². The molecule has 0 spiro atoms. The van der Waals surface area contributed by atoms with Crippen LogP contribution in [0.4, 0.5) is 0 Å². The van der Waals surface area contributed by atoms with E-state index in [9.17, 15) is 19.5 Å². The predicted octanol–water partition coefficient (Wildman–Crippen LogP) is 1.00. The van der Waals surface area contributed by atoms with E-state index in [4.69, 9.17) is 0 Å². The van der Waals surface area contributed by atoms with Crippen LogP contribution < -0.4 is 5.32 Å². The highest BCUT2D eigenvalue weighted by molar-refractivity contribution is 5.92. The molecule has 1 aliphatic carbocycles. The molecule has 2 amide bonds. The van der Waals surface area contributed by atoms with Crippen LogP contribution in [0.25, 0.3) is 0 Å². The highest BCUT2D eigenvalue weighted by Gasteiger charge is 2.42. The Kier molecular flexibility index (Phi) is 4.25. The maximum absolute atomic E-state index is 12.4. The molecule has 2 rings (SSSR count). The molecular weight excluding hydrogens is 272 g/mol. The third kappa shape index (κ3) is 3.54. The van der Waals surface area contributed by atoms with Crippen molar-refractivity contribution < 1.29 is 19.5 Å². The average Bonchev–Trinajstić information content (AvgIpc) is 3.10. The van der Waals surface area contributed by atoms with Crippen LogP contribution in [0.3, 0.4) is 0 Å². The summed E-state index contributed by atoms with van der Waals surface area (Å²) >= 11 is 0. The molecule has 6 nitrogen and oxygen atoms in total. The van der Waals surface area contributed by atoms with E-state index in [-0.39, 0.29) is 17.7 Å². The molecule has 0 radical (unpaired) electrons. The number of carboxylic acid groups (broad SMARTS) is 1. The smallest absolute Gasteiger partial charge is 0.326 e. The maximum Gasteiger partial charge on any atom is 0.326 e. The van der Waals surface area contributed by atoms with Crippen molar-refractivity contribution in [2.75, 3.05) is 6.54 Å². The van der Waals surface area contributed by atoms with Gasteiger partial charge in [-0.2, -0.15) is 0 Å². The Morgan fingerprint density at radius 2 is 1.81 bits per heavy atom. The number of likely N-dealkylation sites (tertiary alicyclic amines) is 1. The first-order valence-electron chi connectivity index (χ1n) is 7.55. The molecule has 0 aromatic heterocycles. The van der Waals surface area contributed by atoms with E-state index in [0.29, 0.717) is 13.0 Å². The number of nitrogens with one attached hydrogen (secondary N) is 1. The Labute approximate surface area is 124 Å². The van der Waals surface area contributed by atoms with Crippen molar-refractivity contribution in [3.8, 4) is 0 Å². The SMILES string of the molecule is CC(C)(C)[C@H](NC(=O)C1CCCN1C(=O)C1CC1)C(=O)O. The molecular formula is C15H24N2O4. The Morgan fingerprint density at radius 1 is 1.19 bits per heavy atom. The minimum absolute atomic E-state index is 0.0512. The van der Waals surface area contributed by atoms with Crippen LogP contribution in [-0.4, -0.2) is 46.4 Å². The first-order valence-corrected chi connectivity index (χ1v) is 7.55. The molecule has 21 heavy (non-hydrogen) atoms. The fraction of sp³-hybridized carbons (Fsp3) is 0.800. The summed E-state index contributed by atoms with van der Waals surface area (Å²) in [6.45, 7) is 5.91. The second-order valence-corrected chi connectivity index (χ2v) is 7.11. The number of hydrogen-bond donors (Lipinski definition) is 2. The van der Waals surface area contributed by atoms with Crippen LogP contribution in [0, 0.1) is 11.3 Å². The summed E-state index contributed by atoms with van der Waals surface area (Å²) in [4.78, 5) is 37.5. The van der Waals surface area contributed by atoms with Crippen molar-refractivity contribution in [2.24, 2.45) is 11.3 Å². The van der Waals surface area contributed by atoms with Crippen LogP contribution in [0.5, 0.6) is 0 Å². The topological polar surface area (TPSA) is 86.7 Å². The van der Waals surface area contributed by atoms with Crippen molar-refractivity contribution >= 4 is 17.8 Å². The van der Waals surface area contributed by atoms with E-state index in [1.807, 2.05) is 0 Å². The summed E-state index contributed by atoms with van der Waals surface area (Å²) in [7, 11) is 0. The molecule has 2 N–H and O–H groups in total. The first-order chi connectivity index (χ1) is 9.71. The molecule has 0 aromatic rings. The standard InChI is InChI=1S/C15H24N2O4/c1-15(2,3)11(14(20)21)16-12(18)10-5-4-8-17(10)13(19)9-6-7-9/h9-11H,4-8H2,1-3H3,(H,16,18)(H,20,21)/t10?,11-/m1/s1. The van der Waals surface area contributed by atoms with Gasteiger partial charge < -0.3 is 15.3 Å². The lowest BCUT2D eigenvalue weighted by atomic mass is 9.86. The molecule has 118 valence electrons. The number of rotatable bonds is 4. The Bertz CT molecular complexity index is 451. The van der Waals surface area contributed by atoms with E-state index in [0.717, 1.165) is 19.3 Å². The van der Waals surface area contributed by atoms with Gasteiger partial charge in [-0.05, 0) is 31.1 Å². The van der Waals surface area contributed by atoms with Gasteiger partial charge in [-0.25, -0.2) is 4.79 Å². The number of amides is 2. The van der Waals surface area contributed by atoms with Gasteiger partial charge in [0.05, 0.1) is 0 Å². The van der Waals surface area contributed by atoms with E-state index >= 15 is 0 Å². The lowest BCUT2D eigenvalue weighted by Gasteiger charge is -2.31. The van der Waals surface area contributed by atoms with Gasteiger partial charge in [0.1, 0.15) is 12.1 Å². The number of aliphatic carboxylic acids is 1. The largest absolute Gasteiger partial charge is 0.480 e. The summed E-state index contributed by atoms with van der Waals surface area (Å²) in [6, 6.07) is -1.47. The molecule has 2 atom stereocenters. The van der Waals surface area contributed by atoms with Gasteiger partial charge in [0.2, 0.25) is 11.8 Å². The lowest BCUT2D eigenvalue weighted by molar-refractivity contribution is -0.146. The molecule has 1 aliphatic heterocycles. The number of hydrogen-bond acceptors (Lipinski definition) is 3. The van der Waals surface area contributed by atoms with E-state index in [2.05, 4.69) is 5.32 Å². The second kappa shape index (κ2) is 5.66. The maximum atomic E-state index is 12.4. The minimum Gasteiger partial charge on any atom is -0.480 e. The zero-order valence-electron chi connectivity index (χ0n) is 12.9. The predicted molar refractivity (Wildman–Crippen MR) is 76.5 cm³/mol. The molecule has 2 fully saturated rings. The van der Waals surface area contributed by atoms with Crippen LogP contribution in [0.1, 0.15) is 46.5 Å². The summed E-state index contributed by atoms with van der Waals surface area (Å²) in [5.41, 5.74) is -0.578. The third-order valence-corrected chi connectivity index (χ3v) is 4.16. The highest BCUT2D eigenvalue weighted by atomic mass is 16.4. The Hall–Kier alpha value is -1.59. The van der Waals surface area contributed by atoms with Gasteiger partial charge in [0.25, 0.3) is 0 Å². The molecule has 1 heterocycles. The molecule has 1 unspecified atom stereocenters. The monoisotopic (exact) mass is 296 g/mol.